The Bertz CT molecular complexity index is 479. The van der Waals surface area contributed by atoms with Crippen LogP contribution in [-0.2, 0) is 0 Å². The summed E-state index contributed by atoms with van der Waals surface area (Å²) in [5.74, 6) is 0.0762. The molecule has 3 atom stereocenters. The zero-order valence-corrected chi connectivity index (χ0v) is 12.8. The second-order valence-corrected chi connectivity index (χ2v) is 6.62. The summed E-state index contributed by atoms with van der Waals surface area (Å²) in [7, 11) is 0. The molecular formula is C17H26FN3. The van der Waals surface area contributed by atoms with E-state index in [9.17, 15) is 4.39 Å². The van der Waals surface area contributed by atoms with Crippen LogP contribution in [0.5, 0.6) is 0 Å². The van der Waals surface area contributed by atoms with Gasteiger partial charge in [0.1, 0.15) is 5.82 Å². The summed E-state index contributed by atoms with van der Waals surface area (Å²) in [4.78, 5) is 5.12. The quantitative estimate of drug-likeness (QED) is 0.923. The monoisotopic (exact) mass is 291 g/mol. The van der Waals surface area contributed by atoms with Gasteiger partial charge in [-0.25, -0.2) is 4.39 Å². The first kappa shape index (κ1) is 14.9. The van der Waals surface area contributed by atoms with Crippen LogP contribution in [0.3, 0.4) is 0 Å². The lowest BCUT2D eigenvalue weighted by Crippen LogP contribution is -2.51. The number of rotatable bonds is 4. The van der Waals surface area contributed by atoms with E-state index < -0.39 is 0 Å². The van der Waals surface area contributed by atoms with E-state index in [1.807, 2.05) is 12.1 Å². The van der Waals surface area contributed by atoms with Crippen molar-refractivity contribution in [3.8, 4) is 0 Å². The minimum Gasteiger partial charge on any atom is -0.324 e. The first-order valence-electron chi connectivity index (χ1n) is 8.11. The number of hydrogen-bond acceptors (Lipinski definition) is 3. The normalized spacial score (nSPS) is 26.5. The van der Waals surface area contributed by atoms with Gasteiger partial charge in [0.2, 0.25) is 0 Å². The largest absolute Gasteiger partial charge is 0.324 e. The average Bonchev–Trinajstić information content (AvgIpc) is 2.94. The number of nitrogens with zero attached hydrogens (tertiary/aromatic N) is 2. The Morgan fingerprint density at radius 2 is 2.10 bits per heavy atom. The van der Waals surface area contributed by atoms with E-state index in [1.54, 1.807) is 6.07 Å². The van der Waals surface area contributed by atoms with Crippen molar-refractivity contribution < 1.29 is 4.39 Å². The van der Waals surface area contributed by atoms with E-state index in [-0.39, 0.29) is 17.8 Å². The van der Waals surface area contributed by atoms with Crippen LogP contribution in [-0.4, -0.2) is 48.6 Å². The number of hydrogen-bond donors (Lipinski definition) is 1. The van der Waals surface area contributed by atoms with Gasteiger partial charge in [0, 0.05) is 43.8 Å². The maximum absolute atomic E-state index is 13.9. The Kier molecular flexibility index (Phi) is 4.57. The van der Waals surface area contributed by atoms with Crippen LogP contribution in [0.2, 0.25) is 0 Å². The first-order chi connectivity index (χ1) is 10.1. The molecule has 0 aliphatic carbocycles. The predicted octanol–water partition coefficient (Wildman–Crippen LogP) is 2.24. The molecule has 0 saturated carbocycles. The summed E-state index contributed by atoms with van der Waals surface area (Å²) >= 11 is 0. The van der Waals surface area contributed by atoms with Crippen molar-refractivity contribution in [2.75, 3.05) is 32.7 Å². The highest BCUT2D eigenvalue weighted by Gasteiger charge is 2.31. The fraction of sp³-hybridized carbons (Fsp3) is 0.647. The minimum absolute atomic E-state index is 0.183. The lowest BCUT2D eigenvalue weighted by Gasteiger charge is -2.39. The standard InChI is InChI=1S/C17H26FN3/c1-13(17(19)15-6-2-3-7-16(15)18)11-20-9-10-21-8-4-5-14(21)12-20/h2-3,6-7,13-14,17H,4-5,8-12,19H2,1H3. The Hall–Kier alpha value is -0.970. The van der Waals surface area contributed by atoms with Crippen LogP contribution in [0.4, 0.5) is 4.39 Å². The van der Waals surface area contributed by atoms with E-state index in [0.717, 1.165) is 25.7 Å². The van der Waals surface area contributed by atoms with E-state index >= 15 is 0 Å². The topological polar surface area (TPSA) is 32.5 Å². The molecule has 3 unspecified atom stereocenters. The van der Waals surface area contributed by atoms with Gasteiger partial charge in [-0.2, -0.15) is 0 Å². The summed E-state index contributed by atoms with van der Waals surface area (Å²) in [6.45, 7) is 7.80. The summed E-state index contributed by atoms with van der Waals surface area (Å²) in [6, 6.07) is 7.39. The number of halogens is 1. The average molecular weight is 291 g/mol. The molecule has 2 fully saturated rings. The van der Waals surface area contributed by atoms with E-state index in [2.05, 4.69) is 16.7 Å². The maximum atomic E-state index is 13.9. The van der Waals surface area contributed by atoms with Crippen LogP contribution in [0, 0.1) is 11.7 Å². The second-order valence-electron chi connectivity index (χ2n) is 6.62. The van der Waals surface area contributed by atoms with E-state index in [0.29, 0.717) is 5.56 Å². The number of piperazine rings is 1. The van der Waals surface area contributed by atoms with Gasteiger partial charge in [0.15, 0.2) is 0 Å². The Labute approximate surface area is 126 Å². The molecule has 3 rings (SSSR count). The maximum Gasteiger partial charge on any atom is 0.127 e. The summed E-state index contributed by atoms with van der Waals surface area (Å²) in [5, 5.41) is 0. The molecule has 2 saturated heterocycles. The molecule has 2 heterocycles. The third-order valence-corrected chi connectivity index (χ3v) is 5.10. The highest BCUT2D eigenvalue weighted by Crippen LogP contribution is 2.26. The molecule has 2 aliphatic rings. The predicted molar refractivity (Wildman–Crippen MR) is 83.5 cm³/mol. The zero-order chi connectivity index (χ0) is 14.8. The molecule has 1 aromatic carbocycles. The molecule has 1 aromatic rings. The van der Waals surface area contributed by atoms with Gasteiger partial charge in [0.05, 0.1) is 0 Å². The summed E-state index contributed by atoms with van der Waals surface area (Å²) < 4.78 is 13.9. The van der Waals surface area contributed by atoms with Gasteiger partial charge in [-0.1, -0.05) is 25.1 Å². The van der Waals surface area contributed by atoms with Gasteiger partial charge >= 0.3 is 0 Å². The smallest absolute Gasteiger partial charge is 0.127 e. The van der Waals surface area contributed by atoms with Crippen LogP contribution in [0.1, 0.15) is 31.4 Å². The molecule has 4 heteroatoms. The number of benzene rings is 1. The molecule has 0 aromatic heterocycles. The van der Waals surface area contributed by atoms with Gasteiger partial charge in [-0.15, -0.1) is 0 Å². The van der Waals surface area contributed by atoms with Crippen molar-refractivity contribution >= 4 is 0 Å². The van der Waals surface area contributed by atoms with Crippen LogP contribution >= 0.6 is 0 Å². The molecular weight excluding hydrogens is 265 g/mol. The van der Waals surface area contributed by atoms with E-state index in [1.165, 1.54) is 32.0 Å². The summed E-state index contributed by atoms with van der Waals surface area (Å²) in [6.07, 6.45) is 2.66. The van der Waals surface area contributed by atoms with Crippen molar-refractivity contribution in [1.29, 1.82) is 0 Å². The van der Waals surface area contributed by atoms with Crippen molar-refractivity contribution in [2.45, 2.75) is 31.8 Å². The van der Waals surface area contributed by atoms with Gasteiger partial charge in [-0.05, 0) is 31.4 Å². The molecule has 21 heavy (non-hydrogen) atoms. The Morgan fingerprint density at radius 3 is 2.90 bits per heavy atom. The van der Waals surface area contributed by atoms with E-state index in [4.69, 9.17) is 5.73 Å². The summed E-state index contributed by atoms with van der Waals surface area (Å²) in [5.41, 5.74) is 6.93. The SMILES string of the molecule is CC(CN1CCN2CCCC2C1)C(N)c1ccccc1F. The van der Waals surface area contributed by atoms with Crippen molar-refractivity contribution in [3.63, 3.8) is 0 Å². The van der Waals surface area contributed by atoms with Gasteiger partial charge < -0.3 is 10.6 Å². The van der Waals surface area contributed by atoms with Crippen LogP contribution in [0.25, 0.3) is 0 Å². The zero-order valence-electron chi connectivity index (χ0n) is 12.8. The van der Waals surface area contributed by atoms with Crippen molar-refractivity contribution in [2.24, 2.45) is 11.7 Å². The molecule has 116 valence electrons. The van der Waals surface area contributed by atoms with Gasteiger partial charge in [0.25, 0.3) is 0 Å². The van der Waals surface area contributed by atoms with Crippen LogP contribution in [0.15, 0.2) is 24.3 Å². The molecule has 2 aliphatic heterocycles. The number of nitrogens with two attached hydrogens (primary N) is 1. The lowest BCUT2D eigenvalue weighted by atomic mass is 9.94. The second kappa shape index (κ2) is 6.42. The molecule has 3 nitrogen and oxygen atoms in total. The van der Waals surface area contributed by atoms with Crippen LogP contribution < -0.4 is 5.73 Å². The number of fused-ring (bicyclic) bond motifs is 1. The highest BCUT2D eigenvalue weighted by atomic mass is 19.1. The molecule has 0 radical (unpaired) electrons. The fourth-order valence-electron chi connectivity index (χ4n) is 3.79. The molecule has 2 N–H and O–H groups in total. The lowest BCUT2D eigenvalue weighted by molar-refractivity contribution is 0.0901. The molecule has 0 amide bonds. The minimum atomic E-state index is -0.229. The molecule has 0 spiro atoms. The molecule has 0 bridgehead atoms. The van der Waals surface area contributed by atoms with Crippen molar-refractivity contribution in [1.82, 2.24) is 9.80 Å². The first-order valence-corrected chi connectivity index (χ1v) is 8.11. The third-order valence-electron chi connectivity index (χ3n) is 5.10. The Morgan fingerprint density at radius 1 is 1.29 bits per heavy atom. The Balaban J connectivity index is 1.58. The van der Waals surface area contributed by atoms with Crippen molar-refractivity contribution in [3.05, 3.63) is 35.6 Å². The fourth-order valence-corrected chi connectivity index (χ4v) is 3.79. The van der Waals surface area contributed by atoms with Gasteiger partial charge in [-0.3, -0.25) is 4.90 Å². The highest BCUT2D eigenvalue weighted by molar-refractivity contribution is 5.21. The third kappa shape index (κ3) is 3.28.